The maximum atomic E-state index is 10.3. The summed E-state index contributed by atoms with van der Waals surface area (Å²) in [5.41, 5.74) is 3.33. The maximum Gasteiger partial charge on any atom is 0.143 e. The van der Waals surface area contributed by atoms with Crippen molar-refractivity contribution in [2.24, 2.45) is 0 Å². The van der Waals surface area contributed by atoms with E-state index in [-0.39, 0.29) is 5.75 Å². The quantitative estimate of drug-likeness (QED) is 0.518. The van der Waals surface area contributed by atoms with Crippen LogP contribution in [0.5, 0.6) is 5.75 Å². The predicted octanol–water partition coefficient (Wildman–Crippen LogP) is 4.84. The van der Waals surface area contributed by atoms with Crippen LogP contribution in [-0.2, 0) is 0 Å². The predicted molar refractivity (Wildman–Crippen MR) is 90.6 cm³/mol. The number of aromatic hydroxyl groups is 1. The molecule has 2 N–H and O–H groups in total. The van der Waals surface area contributed by atoms with E-state index in [2.05, 4.69) is 10.3 Å². The molecule has 1 aromatic heterocycles. The Balaban J connectivity index is 1.86. The van der Waals surface area contributed by atoms with Crippen LogP contribution in [0.2, 0.25) is 0 Å². The van der Waals surface area contributed by atoms with Crippen LogP contribution in [0.15, 0.2) is 72.8 Å². The highest BCUT2D eigenvalue weighted by Gasteiger charge is 2.07. The zero-order valence-corrected chi connectivity index (χ0v) is 11.8. The average molecular weight is 286 g/mol. The van der Waals surface area contributed by atoms with E-state index in [0.717, 1.165) is 27.7 Å². The number of pyridine rings is 1. The number of benzene rings is 3. The van der Waals surface area contributed by atoms with Crippen molar-refractivity contribution in [2.45, 2.75) is 0 Å². The molecule has 0 saturated carbocycles. The molecule has 0 aliphatic carbocycles. The third-order valence-electron chi connectivity index (χ3n) is 3.66. The summed E-state index contributed by atoms with van der Waals surface area (Å²) in [4.78, 5) is 4.55. The van der Waals surface area contributed by atoms with E-state index in [9.17, 15) is 5.11 Å². The molecule has 4 rings (SSSR count). The van der Waals surface area contributed by atoms with E-state index >= 15 is 0 Å². The first kappa shape index (κ1) is 12.7. The Hall–Kier alpha value is -3.07. The van der Waals surface area contributed by atoms with Crippen molar-refractivity contribution in [1.82, 2.24) is 4.98 Å². The van der Waals surface area contributed by atoms with Crippen LogP contribution in [0.3, 0.4) is 0 Å². The molecule has 0 aliphatic heterocycles. The summed E-state index contributed by atoms with van der Waals surface area (Å²) in [5.74, 6) is 0.182. The highest BCUT2D eigenvalue weighted by molar-refractivity contribution is 5.97. The number of phenolic OH excluding ortho intramolecular Hbond substituents is 1. The lowest BCUT2D eigenvalue weighted by molar-refractivity contribution is 0.481. The van der Waals surface area contributed by atoms with Gasteiger partial charge >= 0.3 is 0 Å². The second-order valence-corrected chi connectivity index (χ2v) is 5.24. The molecule has 0 atom stereocenters. The Kier molecular flexibility index (Phi) is 2.90. The molecule has 0 spiro atoms. The van der Waals surface area contributed by atoms with Gasteiger partial charge in [0.05, 0.1) is 5.52 Å². The van der Waals surface area contributed by atoms with E-state index in [1.165, 1.54) is 0 Å². The van der Waals surface area contributed by atoms with Gasteiger partial charge in [-0.1, -0.05) is 36.4 Å². The molecule has 0 aliphatic rings. The Morgan fingerprint density at radius 2 is 1.50 bits per heavy atom. The van der Waals surface area contributed by atoms with E-state index in [1.807, 2.05) is 66.7 Å². The minimum atomic E-state index is 0.182. The fourth-order valence-corrected chi connectivity index (χ4v) is 2.63. The smallest absolute Gasteiger partial charge is 0.143 e. The number of fused-ring (bicyclic) bond motifs is 2. The van der Waals surface area contributed by atoms with Gasteiger partial charge in [0.25, 0.3) is 0 Å². The summed E-state index contributed by atoms with van der Waals surface area (Å²) in [6.07, 6.45) is 0. The molecular weight excluding hydrogens is 272 g/mol. The monoisotopic (exact) mass is 286 g/mol. The fourth-order valence-electron chi connectivity index (χ4n) is 2.63. The largest absolute Gasteiger partial charge is 0.506 e. The molecule has 22 heavy (non-hydrogen) atoms. The summed E-state index contributed by atoms with van der Waals surface area (Å²) in [7, 11) is 0. The van der Waals surface area contributed by atoms with Crippen molar-refractivity contribution in [3.8, 4) is 5.75 Å². The number of nitrogens with zero attached hydrogens (tertiary/aromatic N) is 1. The van der Waals surface area contributed by atoms with Gasteiger partial charge in [-0.3, -0.25) is 0 Å². The second kappa shape index (κ2) is 5.04. The molecule has 4 aromatic rings. The number of nitrogens with one attached hydrogen (secondary N) is 1. The minimum absolute atomic E-state index is 0.182. The molecule has 1 heterocycles. The lowest BCUT2D eigenvalue weighted by Crippen LogP contribution is -1.91. The molecule has 3 heteroatoms. The summed E-state index contributed by atoms with van der Waals surface area (Å²) in [6, 6.07) is 23.5. The van der Waals surface area contributed by atoms with Gasteiger partial charge in [0.1, 0.15) is 11.3 Å². The van der Waals surface area contributed by atoms with Gasteiger partial charge in [-0.2, -0.15) is 0 Å². The van der Waals surface area contributed by atoms with Gasteiger partial charge in [-0.05, 0) is 30.3 Å². The number of phenols is 1. The number of para-hydroxylation sites is 2. The van der Waals surface area contributed by atoms with Crippen LogP contribution in [0.4, 0.5) is 11.4 Å². The standard InChI is InChI=1S/C19H14N2O/c22-18-12-16(20-15-7-2-1-3-8-15)11-14-10-13-6-4-5-9-17(13)21-19(14)18/h1-12,20,22H. The topological polar surface area (TPSA) is 45.1 Å². The van der Waals surface area contributed by atoms with E-state index < -0.39 is 0 Å². The number of hydrogen-bond acceptors (Lipinski definition) is 3. The van der Waals surface area contributed by atoms with Crippen LogP contribution in [0, 0.1) is 0 Å². The third kappa shape index (κ3) is 2.23. The molecule has 0 unspecified atom stereocenters. The first-order chi connectivity index (χ1) is 10.8. The minimum Gasteiger partial charge on any atom is -0.506 e. The lowest BCUT2D eigenvalue weighted by atomic mass is 10.1. The summed E-state index contributed by atoms with van der Waals surface area (Å²) in [5, 5.41) is 15.6. The van der Waals surface area contributed by atoms with E-state index in [4.69, 9.17) is 0 Å². The SMILES string of the molecule is Oc1cc(Nc2ccccc2)cc2cc3ccccc3nc12. The Morgan fingerprint density at radius 1 is 0.727 bits per heavy atom. The van der Waals surface area contributed by atoms with Crippen molar-refractivity contribution in [1.29, 1.82) is 0 Å². The first-order valence-corrected chi connectivity index (χ1v) is 7.14. The first-order valence-electron chi connectivity index (χ1n) is 7.14. The van der Waals surface area contributed by atoms with Crippen LogP contribution in [0.1, 0.15) is 0 Å². The average Bonchev–Trinajstić information content (AvgIpc) is 2.54. The number of anilines is 2. The zero-order chi connectivity index (χ0) is 14.9. The highest BCUT2D eigenvalue weighted by atomic mass is 16.3. The Labute approximate surface area is 127 Å². The molecule has 0 bridgehead atoms. The summed E-state index contributed by atoms with van der Waals surface area (Å²) >= 11 is 0. The van der Waals surface area contributed by atoms with Gasteiger partial charge in [0.2, 0.25) is 0 Å². The van der Waals surface area contributed by atoms with Crippen LogP contribution in [-0.4, -0.2) is 10.1 Å². The maximum absolute atomic E-state index is 10.3. The second-order valence-electron chi connectivity index (χ2n) is 5.24. The van der Waals surface area contributed by atoms with Gasteiger partial charge in [0.15, 0.2) is 0 Å². The Morgan fingerprint density at radius 3 is 2.36 bits per heavy atom. The van der Waals surface area contributed by atoms with Gasteiger partial charge < -0.3 is 10.4 Å². The lowest BCUT2D eigenvalue weighted by Gasteiger charge is -2.09. The zero-order valence-electron chi connectivity index (χ0n) is 11.8. The van der Waals surface area contributed by atoms with Crippen molar-refractivity contribution >= 4 is 33.2 Å². The van der Waals surface area contributed by atoms with E-state index in [0.29, 0.717) is 5.52 Å². The Bertz CT molecular complexity index is 965. The highest BCUT2D eigenvalue weighted by Crippen LogP contribution is 2.31. The number of rotatable bonds is 2. The summed E-state index contributed by atoms with van der Waals surface area (Å²) < 4.78 is 0. The number of aromatic nitrogens is 1. The molecule has 3 aromatic carbocycles. The normalized spacial score (nSPS) is 10.9. The molecular formula is C19H14N2O. The molecule has 0 saturated heterocycles. The number of hydrogen-bond donors (Lipinski definition) is 2. The van der Waals surface area contributed by atoms with Crippen molar-refractivity contribution in [3.05, 3.63) is 72.8 Å². The fraction of sp³-hybridized carbons (Fsp3) is 0. The molecule has 0 amide bonds. The van der Waals surface area contributed by atoms with Gasteiger partial charge in [-0.25, -0.2) is 4.98 Å². The van der Waals surface area contributed by atoms with E-state index in [1.54, 1.807) is 6.07 Å². The van der Waals surface area contributed by atoms with Crippen LogP contribution in [0.25, 0.3) is 21.8 Å². The molecule has 0 radical (unpaired) electrons. The van der Waals surface area contributed by atoms with Crippen molar-refractivity contribution in [2.75, 3.05) is 5.32 Å². The molecule has 106 valence electrons. The van der Waals surface area contributed by atoms with Crippen LogP contribution >= 0.6 is 0 Å². The van der Waals surface area contributed by atoms with Crippen LogP contribution < -0.4 is 5.32 Å². The third-order valence-corrected chi connectivity index (χ3v) is 3.66. The van der Waals surface area contributed by atoms with Gasteiger partial charge in [-0.15, -0.1) is 0 Å². The molecule has 0 fully saturated rings. The summed E-state index contributed by atoms with van der Waals surface area (Å²) in [6.45, 7) is 0. The van der Waals surface area contributed by atoms with Crippen molar-refractivity contribution < 1.29 is 5.11 Å². The van der Waals surface area contributed by atoms with Crippen molar-refractivity contribution in [3.63, 3.8) is 0 Å². The van der Waals surface area contributed by atoms with Gasteiger partial charge in [0, 0.05) is 28.2 Å². The molecule has 3 nitrogen and oxygen atoms in total.